The largest absolute Gasteiger partial charge is 0.495 e. The van der Waals surface area contributed by atoms with Crippen LogP contribution in [0.25, 0.3) is 0 Å². The molecule has 1 amide bonds. The lowest BCUT2D eigenvalue weighted by molar-refractivity contribution is -0.141. The molecule has 19 heavy (non-hydrogen) atoms. The summed E-state index contributed by atoms with van der Waals surface area (Å²) in [6, 6.07) is 1.74. The number of rotatable bonds is 4. The average molecular weight is 285 g/mol. The van der Waals surface area contributed by atoms with Crippen molar-refractivity contribution in [3.8, 4) is 5.75 Å². The number of morpholine rings is 1. The summed E-state index contributed by atoms with van der Waals surface area (Å²) in [7, 11) is 1.52. The number of aliphatic carboxylic acids is 1. The van der Waals surface area contributed by atoms with Gasteiger partial charge in [-0.15, -0.1) is 11.3 Å². The smallest absolute Gasteiger partial charge is 0.306 e. The molecule has 1 saturated heterocycles. The molecule has 2 heterocycles. The van der Waals surface area contributed by atoms with Crippen LogP contribution in [0.15, 0.2) is 11.4 Å². The second-order valence-corrected chi connectivity index (χ2v) is 5.08. The number of carbonyl (C=O) groups is 2. The fourth-order valence-corrected chi connectivity index (χ4v) is 2.80. The van der Waals surface area contributed by atoms with Gasteiger partial charge in [0.2, 0.25) is 0 Å². The van der Waals surface area contributed by atoms with Crippen LogP contribution >= 0.6 is 11.3 Å². The Balaban J connectivity index is 2.05. The maximum absolute atomic E-state index is 12.3. The Morgan fingerprint density at radius 2 is 2.42 bits per heavy atom. The zero-order chi connectivity index (χ0) is 13.8. The molecule has 0 unspecified atom stereocenters. The number of thiophene rings is 1. The van der Waals surface area contributed by atoms with Gasteiger partial charge in [0.1, 0.15) is 10.6 Å². The van der Waals surface area contributed by atoms with Crippen molar-refractivity contribution in [1.82, 2.24) is 4.90 Å². The summed E-state index contributed by atoms with van der Waals surface area (Å²) in [6.45, 7) is 1.12. The second-order valence-electron chi connectivity index (χ2n) is 4.16. The highest BCUT2D eigenvalue weighted by Gasteiger charge is 2.28. The minimum Gasteiger partial charge on any atom is -0.495 e. The van der Waals surface area contributed by atoms with E-state index in [2.05, 4.69) is 0 Å². The summed E-state index contributed by atoms with van der Waals surface area (Å²) in [4.78, 5) is 25.2. The van der Waals surface area contributed by atoms with Crippen molar-refractivity contribution in [3.05, 3.63) is 16.3 Å². The molecule has 1 aromatic heterocycles. The Morgan fingerprint density at radius 3 is 3.11 bits per heavy atom. The molecule has 1 aliphatic heterocycles. The van der Waals surface area contributed by atoms with E-state index in [9.17, 15) is 9.59 Å². The van der Waals surface area contributed by atoms with Gasteiger partial charge in [0.15, 0.2) is 0 Å². The molecule has 1 N–H and O–H groups in total. The number of ether oxygens (including phenoxy) is 2. The van der Waals surface area contributed by atoms with E-state index in [4.69, 9.17) is 14.6 Å². The van der Waals surface area contributed by atoms with E-state index in [-0.39, 0.29) is 12.3 Å². The van der Waals surface area contributed by atoms with Gasteiger partial charge < -0.3 is 19.5 Å². The molecule has 7 heteroatoms. The zero-order valence-electron chi connectivity index (χ0n) is 10.5. The molecule has 6 nitrogen and oxygen atoms in total. The van der Waals surface area contributed by atoms with Crippen LogP contribution in [-0.4, -0.2) is 54.8 Å². The first-order valence-corrected chi connectivity index (χ1v) is 6.74. The highest BCUT2D eigenvalue weighted by atomic mass is 32.1. The Hall–Kier alpha value is -1.60. The Morgan fingerprint density at radius 1 is 1.63 bits per heavy atom. The van der Waals surface area contributed by atoms with Crippen molar-refractivity contribution in [2.75, 3.05) is 26.8 Å². The minimum atomic E-state index is -0.923. The van der Waals surface area contributed by atoms with E-state index in [0.717, 1.165) is 0 Å². The lowest BCUT2D eigenvalue weighted by Gasteiger charge is -2.32. The van der Waals surface area contributed by atoms with Gasteiger partial charge in [-0.1, -0.05) is 0 Å². The molecular weight excluding hydrogens is 270 g/mol. The quantitative estimate of drug-likeness (QED) is 0.895. The molecule has 1 aliphatic rings. The number of carboxylic acids is 1. The van der Waals surface area contributed by atoms with E-state index in [1.807, 2.05) is 0 Å². The summed E-state index contributed by atoms with van der Waals surface area (Å²) < 4.78 is 10.5. The van der Waals surface area contributed by atoms with Crippen LogP contribution in [0.4, 0.5) is 0 Å². The standard InChI is InChI=1S/C12H15NO5S/c1-17-9-2-5-19-11(9)12(16)13-3-4-18-8(7-13)6-10(14)15/h2,5,8H,3-4,6-7H2,1H3,(H,14,15)/t8-/m1/s1. The third-order valence-corrected chi connectivity index (χ3v) is 3.76. The monoisotopic (exact) mass is 285 g/mol. The van der Waals surface area contributed by atoms with Gasteiger partial charge in [0.05, 0.1) is 26.2 Å². The SMILES string of the molecule is COc1ccsc1C(=O)N1CCO[C@H](CC(=O)O)C1. The summed E-state index contributed by atoms with van der Waals surface area (Å²) in [6.07, 6.45) is -0.535. The number of carbonyl (C=O) groups excluding carboxylic acids is 1. The van der Waals surface area contributed by atoms with E-state index < -0.39 is 12.1 Å². The molecule has 0 bridgehead atoms. The molecule has 0 aromatic carbocycles. The van der Waals surface area contributed by atoms with Crippen LogP contribution in [0.3, 0.4) is 0 Å². The van der Waals surface area contributed by atoms with Gasteiger partial charge in [-0.05, 0) is 11.4 Å². The fraction of sp³-hybridized carbons (Fsp3) is 0.500. The Labute approximate surface area is 114 Å². The van der Waals surface area contributed by atoms with Gasteiger partial charge in [-0.3, -0.25) is 9.59 Å². The fourth-order valence-electron chi connectivity index (χ4n) is 1.98. The molecule has 104 valence electrons. The van der Waals surface area contributed by atoms with Crippen LogP contribution in [0.5, 0.6) is 5.75 Å². The maximum atomic E-state index is 12.3. The second kappa shape index (κ2) is 6.03. The van der Waals surface area contributed by atoms with Crippen LogP contribution < -0.4 is 4.74 Å². The van der Waals surface area contributed by atoms with Gasteiger partial charge in [0, 0.05) is 13.1 Å². The van der Waals surface area contributed by atoms with Crippen molar-refractivity contribution in [1.29, 1.82) is 0 Å². The average Bonchev–Trinajstić information content (AvgIpc) is 2.85. The van der Waals surface area contributed by atoms with Gasteiger partial charge in [-0.2, -0.15) is 0 Å². The van der Waals surface area contributed by atoms with Crippen LogP contribution in [0, 0.1) is 0 Å². The molecule has 1 aromatic rings. The van der Waals surface area contributed by atoms with Gasteiger partial charge in [0.25, 0.3) is 5.91 Å². The number of methoxy groups -OCH3 is 1. The number of hydrogen-bond acceptors (Lipinski definition) is 5. The number of hydrogen-bond donors (Lipinski definition) is 1. The van der Waals surface area contributed by atoms with Crippen LogP contribution in [0.2, 0.25) is 0 Å². The predicted molar refractivity (Wildman–Crippen MR) is 68.8 cm³/mol. The predicted octanol–water partition coefficient (Wildman–Crippen LogP) is 1.07. The van der Waals surface area contributed by atoms with E-state index in [1.54, 1.807) is 16.3 Å². The van der Waals surface area contributed by atoms with Crippen molar-refractivity contribution < 1.29 is 24.2 Å². The molecular formula is C12H15NO5S. The minimum absolute atomic E-state index is 0.0919. The van der Waals surface area contributed by atoms with Gasteiger partial charge >= 0.3 is 5.97 Å². The third kappa shape index (κ3) is 3.24. The topological polar surface area (TPSA) is 76.1 Å². The third-order valence-electron chi connectivity index (χ3n) is 2.87. The molecule has 0 aliphatic carbocycles. The van der Waals surface area contributed by atoms with Crippen LogP contribution in [-0.2, 0) is 9.53 Å². The molecule has 0 saturated carbocycles. The zero-order valence-corrected chi connectivity index (χ0v) is 11.3. The van der Waals surface area contributed by atoms with Crippen molar-refractivity contribution >= 4 is 23.2 Å². The van der Waals surface area contributed by atoms with E-state index in [1.165, 1.54) is 18.4 Å². The van der Waals surface area contributed by atoms with E-state index in [0.29, 0.717) is 30.3 Å². The number of amides is 1. The highest BCUT2D eigenvalue weighted by Crippen LogP contribution is 2.26. The first-order valence-electron chi connectivity index (χ1n) is 5.86. The van der Waals surface area contributed by atoms with Crippen molar-refractivity contribution in [2.24, 2.45) is 0 Å². The molecule has 1 atom stereocenters. The van der Waals surface area contributed by atoms with E-state index >= 15 is 0 Å². The summed E-state index contributed by atoms with van der Waals surface area (Å²) in [5.74, 6) is -0.505. The lowest BCUT2D eigenvalue weighted by atomic mass is 10.2. The number of carboxylic acid groups (broad SMARTS) is 1. The first-order chi connectivity index (χ1) is 9.11. The first kappa shape index (κ1) is 13.8. The Bertz CT molecular complexity index is 472. The summed E-state index contributed by atoms with van der Waals surface area (Å²) in [5.41, 5.74) is 0. The molecule has 2 rings (SSSR count). The number of nitrogens with zero attached hydrogens (tertiary/aromatic N) is 1. The molecule has 0 spiro atoms. The van der Waals surface area contributed by atoms with Crippen molar-refractivity contribution in [3.63, 3.8) is 0 Å². The molecule has 1 fully saturated rings. The maximum Gasteiger partial charge on any atom is 0.306 e. The summed E-state index contributed by atoms with van der Waals surface area (Å²) in [5, 5.41) is 10.5. The molecule has 0 radical (unpaired) electrons. The summed E-state index contributed by atoms with van der Waals surface area (Å²) >= 11 is 1.32. The highest BCUT2D eigenvalue weighted by molar-refractivity contribution is 7.12. The van der Waals surface area contributed by atoms with Gasteiger partial charge in [-0.25, -0.2) is 0 Å². The Kier molecular flexibility index (Phi) is 4.39. The normalized spacial score (nSPS) is 19.2. The van der Waals surface area contributed by atoms with Crippen molar-refractivity contribution in [2.45, 2.75) is 12.5 Å². The van der Waals surface area contributed by atoms with Crippen LogP contribution in [0.1, 0.15) is 16.1 Å². The lowest BCUT2D eigenvalue weighted by Crippen LogP contribution is -2.46.